The molecule has 1 atom stereocenters. The van der Waals surface area contributed by atoms with Gasteiger partial charge in [-0.25, -0.2) is 8.42 Å². The van der Waals surface area contributed by atoms with Gasteiger partial charge in [-0.1, -0.05) is 0 Å². The molecule has 0 radical (unpaired) electrons. The lowest BCUT2D eigenvalue weighted by Crippen LogP contribution is -2.40. The lowest BCUT2D eigenvalue weighted by Gasteiger charge is -2.32. The first-order chi connectivity index (χ1) is 8.47. The Morgan fingerprint density at radius 3 is 2.89 bits per heavy atom. The molecular weight excluding hydrogens is 278 g/mol. The predicted octanol–water partition coefficient (Wildman–Crippen LogP) is 1.50. The lowest BCUT2D eigenvalue weighted by atomic mass is 10.2. The predicted molar refractivity (Wildman–Crippen MR) is 65.5 cm³/mol. The van der Waals surface area contributed by atoms with Crippen LogP contribution in [0.4, 0.5) is 5.69 Å². The van der Waals surface area contributed by atoms with Crippen molar-refractivity contribution in [3.8, 4) is 5.75 Å². The molecule has 0 aromatic heterocycles. The normalized spacial score (nSPS) is 22.4. The molecule has 1 amide bonds. The van der Waals surface area contributed by atoms with Crippen molar-refractivity contribution in [3.63, 3.8) is 0 Å². The van der Waals surface area contributed by atoms with Crippen LogP contribution in [0.5, 0.6) is 5.75 Å². The number of hydrogen-bond donors (Lipinski definition) is 0. The Labute approximate surface area is 109 Å². The molecule has 2 aliphatic rings. The third-order valence-corrected chi connectivity index (χ3v) is 4.58. The molecule has 0 N–H and O–H groups in total. The molecular formula is C11H10ClNO4S. The summed E-state index contributed by atoms with van der Waals surface area (Å²) in [6.45, 7) is 0.393. The van der Waals surface area contributed by atoms with Crippen LogP contribution < -0.4 is 9.64 Å². The van der Waals surface area contributed by atoms with E-state index in [2.05, 4.69) is 0 Å². The minimum Gasteiger partial charge on any atom is -0.489 e. The molecule has 1 fully saturated rings. The average molecular weight is 288 g/mol. The molecule has 5 nitrogen and oxygen atoms in total. The van der Waals surface area contributed by atoms with Crippen LogP contribution in [-0.4, -0.2) is 27.0 Å². The van der Waals surface area contributed by atoms with Crippen molar-refractivity contribution in [2.75, 3.05) is 11.5 Å². The van der Waals surface area contributed by atoms with Crippen molar-refractivity contribution < 1.29 is 17.9 Å². The molecule has 1 unspecified atom stereocenters. The molecule has 7 heteroatoms. The average Bonchev–Trinajstić information content (AvgIpc) is 2.69. The third-order valence-electron chi connectivity index (χ3n) is 3.23. The fourth-order valence-corrected chi connectivity index (χ4v) is 3.15. The van der Waals surface area contributed by atoms with Gasteiger partial charge in [0.15, 0.2) is 0 Å². The van der Waals surface area contributed by atoms with E-state index >= 15 is 0 Å². The molecule has 96 valence electrons. The van der Waals surface area contributed by atoms with Gasteiger partial charge in [0.25, 0.3) is 9.05 Å². The third kappa shape index (κ3) is 1.76. The van der Waals surface area contributed by atoms with Gasteiger partial charge in [-0.3, -0.25) is 4.79 Å². The first-order valence-corrected chi connectivity index (χ1v) is 7.81. The fraction of sp³-hybridized carbons (Fsp3) is 0.364. The van der Waals surface area contributed by atoms with Crippen molar-refractivity contribution in [1.82, 2.24) is 0 Å². The maximum absolute atomic E-state index is 11.8. The summed E-state index contributed by atoms with van der Waals surface area (Å²) in [5.41, 5.74) is 0.623. The molecule has 0 bridgehead atoms. The quantitative estimate of drug-likeness (QED) is 0.734. The Hall–Kier alpha value is -1.27. The van der Waals surface area contributed by atoms with E-state index < -0.39 is 9.05 Å². The van der Waals surface area contributed by atoms with Crippen LogP contribution in [0.15, 0.2) is 23.1 Å². The largest absolute Gasteiger partial charge is 0.489 e. The monoisotopic (exact) mass is 287 g/mol. The number of rotatable bonds is 1. The van der Waals surface area contributed by atoms with E-state index in [0.717, 1.165) is 6.42 Å². The Morgan fingerprint density at radius 2 is 2.17 bits per heavy atom. The minimum absolute atomic E-state index is 0.0204. The van der Waals surface area contributed by atoms with E-state index in [1.165, 1.54) is 12.1 Å². The summed E-state index contributed by atoms with van der Waals surface area (Å²) in [5.74, 6) is 0.439. The zero-order valence-corrected chi connectivity index (χ0v) is 10.9. The molecule has 0 aliphatic carbocycles. The molecule has 1 saturated heterocycles. The highest BCUT2D eigenvalue weighted by atomic mass is 35.7. The topological polar surface area (TPSA) is 63.7 Å². The number of fused-ring (bicyclic) bond motifs is 3. The van der Waals surface area contributed by atoms with Gasteiger partial charge in [0, 0.05) is 23.2 Å². The summed E-state index contributed by atoms with van der Waals surface area (Å²) < 4.78 is 28.0. The zero-order chi connectivity index (χ0) is 12.9. The molecule has 3 rings (SSSR count). The Kier molecular flexibility index (Phi) is 2.53. The van der Waals surface area contributed by atoms with Gasteiger partial charge >= 0.3 is 0 Å². The fourth-order valence-electron chi connectivity index (χ4n) is 2.38. The standard InChI is InChI=1S/C11H10ClNO4S/c12-18(15,16)8-2-3-9-10(5-8)17-6-7-1-4-11(14)13(7)9/h2-3,5,7H,1,4,6H2. The Morgan fingerprint density at radius 1 is 1.39 bits per heavy atom. The first kappa shape index (κ1) is 11.8. The number of carbonyl (C=O) groups is 1. The summed E-state index contributed by atoms with van der Waals surface area (Å²) in [5, 5.41) is 0. The highest BCUT2D eigenvalue weighted by molar-refractivity contribution is 8.13. The van der Waals surface area contributed by atoms with Crippen molar-refractivity contribution in [2.24, 2.45) is 0 Å². The van der Waals surface area contributed by atoms with E-state index in [1.54, 1.807) is 11.0 Å². The van der Waals surface area contributed by atoms with Crippen LogP contribution in [0.2, 0.25) is 0 Å². The van der Waals surface area contributed by atoms with Crippen LogP contribution in [0, 0.1) is 0 Å². The van der Waals surface area contributed by atoms with E-state index in [9.17, 15) is 13.2 Å². The summed E-state index contributed by atoms with van der Waals surface area (Å²) in [6.07, 6.45) is 1.27. The van der Waals surface area contributed by atoms with Crippen molar-refractivity contribution in [2.45, 2.75) is 23.8 Å². The van der Waals surface area contributed by atoms with Crippen LogP contribution in [0.3, 0.4) is 0 Å². The van der Waals surface area contributed by atoms with E-state index in [4.69, 9.17) is 15.4 Å². The van der Waals surface area contributed by atoms with Crippen LogP contribution >= 0.6 is 10.7 Å². The number of carbonyl (C=O) groups excluding carboxylic acids is 1. The molecule has 1 aromatic carbocycles. The number of amides is 1. The summed E-state index contributed by atoms with van der Waals surface area (Å²) in [7, 11) is 1.49. The smallest absolute Gasteiger partial charge is 0.261 e. The highest BCUT2D eigenvalue weighted by Crippen LogP contribution is 2.40. The second kappa shape index (κ2) is 3.86. The summed E-state index contributed by atoms with van der Waals surface area (Å²) >= 11 is 0. The van der Waals surface area contributed by atoms with Gasteiger partial charge in [-0.05, 0) is 18.6 Å². The van der Waals surface area contributed by atoms with E-state index in [-0.39, 0.29) is 16.8 Å². The van der Waals surface area contributed by atoms with Gasteiger partial charge in [0.2, 0.25) is 5.91 Å². The summed E-state index contributed by atoms with van der Waals surface area (Å²) in [6, 6.07) is 4.38. The molecule has 2 heterocycles. The van der Waals surface area contributed by atoms with Crippen molar-refractivity contribution in [1.29, 1.82) is 0 Å². The number of halogens is 1. The number of ether oxygens (including phenoxy) is 1. The first-order valence-electron chi connectivity index (χ1n) is 5.50. The second-order valence-corrected chi connectivity index (χ2v) is 6.90. The number of benzene rings is 1. The number of anilines is 1. The lowest BCUT2D eigenvalue weighted by molar-refractivity contribution is -0.117. The van der Waals surface area contributed by atoms with E-state index in [0.29, 0.717) is 24.5 Å². The molecule has 2 aliphatic heterocycles. The molecule has 1 aromatic rings. The maximum atomic E-state index is 11.8. The van der Waals surface area contributed by atoms with E-state index in [1.807, 2.05) is 0 Å². The van der Waals surface area contributed by atoms with Gasteiger partial charge in [-0.15, -0.1) is 0 Å². The van der Waals surface area contributed by atoms with Crippen LogP contribution in [-0.2, 0) is 13.8 Å². The van der Waals surface area contributed by atoms with Gasteiger partial charge in [0.05, 0.1) is 16.6 Å². The second-order valence-electron chi connectivity index (χ2n) is 4.33. The SMILES string of the molecule is O=C1CCC2COc3cc(S(=O)(=O)Cl)ccc3N12. The summed E-state index contributed by atoms with van der Waals surface area (Å²) in [4.78, 5) is 13.4. The highest BCUT2D eigenvalue weighted by Gasteiger charge is 2.37. The molecule has 0 spiro atoms. The van der Waals surface area contributed by atoms with Gasteiger partial charge < -0.3 is 9.64 Å². The molecule has 0 saturated carbocycles. The van der Waals surface area contributed by atoms with Gasteiger partial charge in [0.1, 0.15) is 12.4 Å². The van der Waals surface area contributed by atoms with Crippen molar-refractivity contribution >= 4 is 31.3 Å². The number of hydrogen-bond acceptors (Lipinski definition) is 4. The van der Waals surface area contributed by atoms with Crippen LogP contribution in [0.25, 0.3) is 0 Å². The Balaban J connectivity index is 2.09. The maximum Gasteiger partial charge on any atom is 0.261 e. The molecule has 18 heavy (non-hydrogen) atoms. The minimum atomic E-state index is -3.78. The number of nitrogens with zero attached hydrogens (tertiary/aromatic N) is 1. The zero-order valence-electron chi connectivity index (χ0n) is 9.30. The van der Waals surface area contributed by atoms with Crippen LogP contribution in [0.1, 0.15) is 12.8 Å². The van der Waals surface area contributed by atoms with Crippen molar-refractivity contribution in [3.05, 3.63) is 18.2 Å². The Bertz CT molecular complexity index is 628. The van der Waals surface area contributed by atoms with Gasteiger partial charge in [-0.2, -0.15) is 0 Å².